The van der Waals surface area contributed by atoms with E-state index in [2.05, 4.69) is 0 Å². The quantitative estimate of drug-likeness (QED) is 0.878. The van der Waals surface area contributed by atoms with E-state index in [0.29, 0.717) is 12.0 Å². The first-order valence-electron chi connectivity index (χ1n) is 6.01. The number of carboxylic acids is 1. The highest BCUT2D eigenvalue weighted by atomic mass is 32.2. The molecule has 20 heavy (non-hydrogen) atoms. The van der Waals surface area contributed by atoms with Crippen molar-refractivity contribution in [3.63, 3.8) is 0 Å². The molecular weight excluding hydrogens is 293 g/mol. The zero-order valence-corrected chi connectivity index (χ0v) is 11.6. The van der Waals surface area contributed by atoms with Crippen LogP contribution in [0.5, 0.6) is 0 Å². The molecule has 112 valence electrons. The number of hydrogen-bond donors (Lipinski definition) is 1. The number of carbonyl (C=O) groups is 1. The summed E-state index contributed by atoms with van der Waals surface area (Å²) in [7, 11) is -1.65. The predicted octanol–water partition coefficient (Wildman–Crippen LogP) is 3.21. The van der Waals surface area contributed by atoms with Crippen molar-refractivity contribution in [3.05, 3.63) is 35.4 Å². The Balaban J connectivity index is 2.78. The molecule has 0 radical (unpaired) electrons. The number of halogens is 3. The van der Waals surface area contributed by atoms with Crippen LogP contribution in [0.15, 0.2) is 24.3 Å². The van der Waals surface area contributed by atoms with Crippen LogP contribution < -0.4 is 0 Å². The van der Waals surface area contributed by atoms with Crippen molar-refractivity contribution in [2.75, 3.05) is 0 Å². The SMILES string of the molecule is CCC[C@H](C(=O)O)[S@](=O)Cc1ccc(C(F)(F)F)cc1. The molecular formula is C13H15F3O3S. The molecule has 0 spiro atoms. The maximum atomic E-state index is 12.4. The smallest absolute Gasteiger partial charge is 0.416 e. The van der Waals surface area contributed by atoms with E-state index < -0.39 is 33.8 Å². The van der Waals surface area contributed by atoms with Gasteiger partial charge in [-0.15, -0.1) is 0 Å². The molecule has 0 unspecified atom stereocenters. The van der Waals surface area contributed by atoms with Gasteiger partial charge in [0, 0.05) is 16.6 Å². The number of benzene rings is 1. The second-order valence-electron chi connectivity index (χ2n) is 4.34. The fraction of sp³-hybridized carbons (Fsp3) is 0.462. The summed E-state index contributed by atoms with van der Waals surface area (Å²) in [5.74, 6) is -1.20. The van der Waals surface area contributed by atoms with E-state index >= 15 is 0 Å². The lowest BCUT2D eigenvalue weighted by molar-refractivity contribution is -0.138. The van der Waals surface area contributed by atoms with Gasteiger partial charge in [0.2, 0.25) is 0 Å². The Bertz CT molecular complexity index is 483. The number of aliphatic carboxylic acids is 1. The van der Waals surface area contributed by atoms with Crippen molar-refractivity contribution in [2.45, 2.75) is 36.9 Å². The third-order valence-corrected chi connectivity index (χ3v) is 4.42. The second kappa shape index (κ2) is 6.88. The van der Waals surface area contributed by atoms with E-state index in [9.17, 15) is 22.2 Å². The minimum Gasteiger partial charge on any atom is -0.480 e. The van der Waals surface area contributed by atoms with Crippen molar-refractivity contribution in [1.29, 1.82) is 0 Å². The Morgan fingerprint density at radius 1 is 1.30 bits per heavy atom. The molecule has 1 rings (SSSR count). The summed E-state index contributed by atoms with van der Waals surface area (Å²) in [6, 6.07) is 4.27. The third-order valence-electron chi connectivity index (χ3n) is 2.73. The van der Waals surface area contributed by atoms with Gasteiger partial charge in [-0.3, -0.25) is 9.00 Å². The molecule has 3 nitrogen and oxygen atoms in total. The molecule has 0 heterocycles. The normalized spacial score (nSPS) is 14.8. The average molecular weight is 308 g/mol. The van der Waals surface area contributed by atoms with Crippen LogP contribution in [0.3, 0.4) is 0 Å². The molecule has 0 aromatic heterocycles. The lowest BCUT2D eigenvalue weighted by Crippen LogP contribution is -2.26. The van der Waals surface area contributed by atoms with E-state index in [-0.39, 0.29) is 12.2 Å². The van der Waals surface area contributed by atoms with E-state index in [1.54, 1.807) is 6.92 Å². The first-order valence-corrected chi connectivity index (χ1v) is 7.40. The van der Waals surface area contributed by atoms with Crippen molar-refractivity contribution >= 4 is 16.8 Å². The molecule has 1 aromatic carbocycles. The summed E-state index contributed by atoms with van der Waals surface area (Å²) in [5, 5.41) is 7.98. The van der Waals surface area contributed by atoms with E-state index in [1.807, 2.05) is 0 Å². The zero-order chi connectivity index (χ0) is 15.3. The summed E-state index contributed by atoms with van der Waals surface area (Å²) >= 11 is 0. The largest absolute Gasteiger partial charge is 0.480 e. The minimum atomic E-state index is -4.41. The Hall–Kier alpha value is -1.37. The standard InChI is InChI=1S/C13H15F3O3S/c1-2-3-11(12(17)18)20(19)8-9-4-6-10(7-5-9)13(14,15)16/h4-7,11H,2-3,8H2,1H3,(H,17,18)/t11-,20-/m1/s1. The van der Waals surface area contributed by atoms with Gasteiger partial charge in [-0.2, -0.15) is 13.2 Å². The molecule has 0 aliphatic rings. The molecule has 0 aliphatic heterocycles. The molecule has 0 amide bonds. The lowest BCUT2D eigenvalue weighted by atomic mass is 10.1. The van der Waals surface area contributed by atoms with E-state index in [4.69, 9.17) is 5.11 Å². The highest BCUT2D eigenvalue weighted by Gasteiger charge is 2.30. The monoisotopic (exact) mass is 308 g/mol. The Labute approximate surface area is 117 Å². The fourth-order valence-electron chi connectivity index (χ4n) is 1.68. The Morgan fingerprint density at radius 2 is 1.85 bits per heavy atom. The van der Waals surface area contributed by atoms with Gasteiger partial charge in [-0.25, -0.2) is 0 Å². The van der Waals surface area contributed by atoms with Crippen LogP contribution in [0.4, 0.5) is 13.2 Å². The lowest BCUT2D eigenvalue weighted by Gasteiger charge is -2.12. The molecule has 0 saturated carbocycles. The van der Waals surface area contributed by atoms with Crippen LogP contribution in [0.1, 0.15) is 30.9 Å². The third kappa shape index (κ3) is 4.63. The molecule has 7 heteroatoms. The molecule has 0 bridgehead atoms. The van der Waals surface area contributed by atoms with Gasteiger partial charge < -0.3 is 5.11 Å². The van der Waals surface area contributed by atoms with Gasteiger partial charge in [0.15, 0.2) is 0 Å². The van der Waals surface area contributed by atoms with Crippen LogP contribution in [-0.4, -0.2) is 20.5 Å². The molecule has 0 fully saturated rings. The number of rotatable bonds is 6. The molecule has 2 atom stereocenters. The summed E-state index contributed by atoms with van der Waals surface area (Å²) < 4.78 is 49.1. The van der Waals surface area contributed by atoms with Crippen molar-refractivity contribution < 1.29 is 27.3 Å². The second-order valence-corrected chi connectivity index (χ2v) is 5.95. The van der Waals surface area contributed by atoms with Crippen molar-refractivity contribution in [2.24, 2.45) is 0 Å². The van der Waals surface area contributed by atoms with E-state index in [0.717, 1.165) is 12.1 Å². The topological polar surface area (TPSA) is 54.4 Å². The molecule has 0 saturated heterocycles. The molecule has 1 N–H and O–H groups in total. The number of hydrogen-bond acceptors (Lipinski definition) is 2. The highest BCUT2D eigenvalue weighted by Crippen LogP contribution is 2.29. The number of alkyl halides is 3. The van der Waals surface area contributed by atoms with E-state index in [1.165, 1.54) is 12.1 Å². The summed E-state index contributed by atoms with van der Waals surface area (Å²) in [6.07, 6.45) is -3.55. The minimum absolute atomic E-state index is 0.0604. The van der Waals surface area contributed by atoms with Gasteiger partial charge in [0.25, 0.3) is 0 Å². The van der Waals surface area contributed by atoms with Crippen molar-refractivity contribution in [3.8, 4) is 0 Å². The highest BCUT2D eigenvalue weighted by molar-refractivity contribution is 7.85. The first kappa shape index (κ1) is 16.7. The van der Waals surface area contributed by atoms with Crippen LogP contribution in [-0.2, 0) is 27.5 Å². The van der Waals surface area contributed by atoms with Gasteiger partial charge in [0.1, 0.15) is 5.25 Å². The Kier molecular flexibility index (Phi) is 5.74. The van der Waals surface area contributed by atoms with Crippen LogP contribution >= 0.6 is 0 Å². The van der Waals surface area contributed by atoms with Crippen LogP contribution in [0.25, 0.3) is 0 Å². The molecule has 0 aliphatic carbocycles. The first-order chi connectivity index (χ1) is 9.25. The summed E-state index contributed by atoms with van der Waals surface area (Å²) in [4.78, 5) is 11.0. The van der Waals surface area contributed by atoms with Crippen LogP contribution in [0.2, 0.25) is 0 Å². The van der Waals surface area contributed by atoms with Gasteiger partial charge in [-0.05, 0) is 24.1 Å². The fourth-order valence-corrected chi connectivity index (χ4v) is 3.13. The summed E-state index contributed by atoms with van der Waals surface area (Å²) in [6.45, 7) is 1.78. The maximum absolute atomic E-state index is 12.4. The van der Waals surface area contributed by atoms with Crippen molar-refractivity contribution in [1.82, 2.24) is 0 Å². The zero-order valence-electron chi connectivity index (χ0n) is 10.8. The number of carboxylic acid groups (broad SMARTS) is 1. The van der Waals surface area contributed by atoms with Gasteiger partial charge in [0.05, 0.1) is 5.56 Å². The summed E-state index contributed by atoms with van der Waals surface area (Å²) in [5.41, 5.74) is -0.353. The van der Waals surface area contributed by atoms with Gasteiger partial charge in [-0.1, -0.05) is 25.5 Å². The van der Waals surface area contributed by atoms with Crippen LogP contribution in [0, 0.1) is 0 Å². The molecule has 1 aromatic rings. The predicted molar refractivity (Wildman–Crippen MR) is 69.6 cm³/mol. The van der Waals surface area contributed by atoms with Gasteiger partial charge >= 0.3 is 12.1 Å². The maximum Gasteiger partial charge on any atom is 0.416 e. The average Bonchev–Trinajstić information content (AvgIpc) is 2.34. The Morgan fingerprint density at radius 3 is 2.25 bits per heavy atom.